The molecule has 1 saturated carbocycles. The maximum absolute atomic E-state index is 13.0. The Bertz CT molecular complexity index is 946. The Kier molecular flexibility index (Phi) is 4.56. The normalized spacial score (nSPS) is 23.6. The van der Waals surface area contributed by atoms with Gasteiger partial charge in [-0.05, 0) is 63.5 Å². The number of aromatic nitrogens is 1. The third-order valence-electron chi connectivity index (χ3n) is 5.94. The van der Waals surface area contributed by atoms with Crippen LogP contribution >= 0.6 is 0 Å². The number of pyridine rings is 1. The van der Waals surface area contributed by atoms with E-state index in [1.54, 1.807) is 11.1 Å². The van der Waals surface area contributed by atoms with Gasteiger partial charge in [-0.15, -0.1) is 0 Å². The molecule has 1 N–H and O–H groups in total. The summed E-state index contributed by atoms with van der Waals surface area (Å²) in [7, 11) is 0. The number of rotatable bonds is 3. The lowest BCUT2D eigenvalue weighted by atomic mass is 9.89. The number of piperidine rings is 1. The molecule has 154 valence electrons. The lowest BCUT2D eigenvalue weighted by Gasteiger charge is -2.29. The number of hydrogen-bond donors (Lipinski definition) is 1. The lowest BCUT2D eigenvalue weighted by molar-refractivity contribution is -0.125. The highest BCUT2D eigenvalue weighted by atomic mass is 16.6. The van der Waals surface area contributed by atoms with Crippen LogP contribution < -0.4 is 5.32 Å². The van der Waals surface area contributed by atoms with Crippen LogP contribution in [0.25, 0.3) is 10.8 Å². The van der Waals surface area contributed by atoms with Gasteiger partial charge in [0.15, 0.2) is 0 Å². The number of hydrogen-bond acceptors (Lipinski definition) is 4. The number of nitrogens with zero attached hydrogens (tertiary/aromatic N) is 2. The number of carbonyl (C=O) groups excluding carboxylic acids is 2. The Hall–Kier alpha value is -2.63. The third-order valence-corrected chi connectivity index (χ3v) is 5.94. The van der Waals surface area contributed by atoms with E-state index in [0.717, 1.165) is 16.3 Å². The topological polar surface area (TPSA) is 71.5 Å². The molecule has 2 heterocycles. The summed E-state index contributed by atoms with van der Waals surface area (Å²) in [6.07, 6.45) is 3.33. The summed E-state index contributed by atoms with van der Waals surface area (Å²) in [4.78, 5) is 31.1. The van der Waals surface area contributed by atoms with Crippen molar-refractivity contribution >= 4 is 22.8 Å². The number of carbonyl (C=O) groups is 2. The minimum atomic E-state index is -0.501. The summed E-state index contributed by atoms with van der Waals surface area (Å²) in [6, 6.07) is 8.07. The van der Waals surface area contributed by atoms with Crippen LogP contribution in [0.2, 0.25) is 0 Å². The smallest absolute Gasteiger partial charge is 0.410 e. The van der Waals surface area contributed by atoms with Crippen molar-refractivity contribution in [1.29, 1.82) is 0 Å². The summed E-state index contributed by atoms with van der Waals surface area (Å²) in [5.41, 5.74) is 0.0742. The maximum atomic E-state index is 13.0. The molecule has 2 unspecified atom stereocenters. The van der Waals surface area contributed by atoms with Crippen LogP contribution in [0.3, 0.4) is 0 Å². The zero-order valence-electron chi connectivity index (χ0n) is 17.7. The van der Waals surface area contributed by atoms with Gasteiger partial charge < -0.3 is 15.0 Å². The monoisotopic (exact) mass is 395 g/mol. The molecule has 4 rings (SSSR count). The number of nitrogens with one attached hydrogen (secondary N) is 1. The Balaban J connectivity index is 1.41. The molecule has 0 radical (unpaired) electrons. The first-order valence-electron chi connectivity index (χ1n) is 10.2. The van der Waals surface area contributed by atoms with Gasteiger partial charge in [0.2, 0.25) is 5.91 Å². The molecular weight excluding hydrogens is 366 g/mol. The number of fused-ring (bicyclic) bond motifs is 2. The van der Waals surface area contributed by atoms with Crippen molar-refractivity contribution in [1.82, 2.24) is 15.2 Å². The second-order valence-corrected chi connectivity index (χ2v) is 9.76. The van der Waals surface area contributed by atoms with Gasteiger partial charge in [-0.3, -0.25) is 9.78 Å². The van der Waals surface area contributed by atoms with Crippen LogP contribution in [-0.2, 0) is 15.1 Å². The summed E-state index contributed by atoms with van der Waals surface area (Å²) in [5.74, 6) is 0.509. The molecule has 0 spiro atoms. The molecule has 1 saturated heterocycles. The average molecular weight is 396 g/mol. The summed E-state index contributed by atoms with van der Waals surface area (Å²) in [5, 5.41) is 5.40. The predicted octanol–water partition coefficient (Wildman–Crippen LogP) is 3.70. The van der Waals surface area contributed by atoms with Crippen molar-refractivity contribution in [3.63, 3.8) is 0 Å². The van der Waals surface area contributed by atoms with Crippen molar-refractivity contribution in [2.75, 3.05) is 13.1 Å². The SMILES string of the molecule is CC(C)(C)OC(=O)N1CC2C(C1)C2C(=O)NC(C)(C)c1cccc2cnccc12. The fourth-order valence-corrected chi connectivity index (χ4v) is 4.52. The van der Waals surface area contributed by atoms with Gasteiger partial charge in [-0.25, -0.2) is 4.79 Å². The number of benzene rings is 1. The molecule has 1 aromatic heterocycles. The van der Waals surface area contributed by atoms with Gasteiger partial charge in [0, 0.05) is 36.8 Å². The van der Waals surface area contributed by atoms with Crippen LogP contribution in [0.5, 0.6) is 0 Å². The Labute approximate surface area is 171 Å². The number of ether oxygens (including phenoxy) is 1. The second kappa shape index (κ2) is 6.71. The molecule has 2 fully saturated rings. The van der Waals surface area contributed by atoms with Crippen LogP contribution in [-0.4, -0.2) is 40.6 Å². The van der Waals surface area contributed by atoms with Gasteiger partial charge in [-0.1, -0.05) is 18.2 Å². The Morgan fingerprint density at radius 2 is 1.79 bits per heavy atom. The van der Waals surface area contributed by atoms with Crippen molar-refractivity contribution < 1.29 is 14.3 Å². The number of likely N-dealkylation sites (tertiary alicyclic amines) is 1. The zero-order chi connectivity index (χ0) is 21.0. The highest BCUT2D eigenvalue weighted by Crippen LogP contribution is 2.52. The van der Waals surface area contributed by atoms with E-state index in [1.807, 2.05) is 59.0 Å². The molecule has 6 nitrogen and oxygen atoms in total. The molecule has 2 aromatic rings. The molecule has 1 aliphatic heterocycles. The number of amides is 2. The van der Waals surface area contributed by atoms with Crippen molar-refractivity contribution in [2.24, 2.45) is 17.8 Å². The van der Waals surface area contributed by atoms with Crippen LogP contribution in [0.1, 0.15) is 40.2 Å². The van der Waals surface area contributed by atoms with E-state index in [4.69, 9.17) is 4.74 Å². The maximum Gasteiger partial charge on any atom is 0.410 e. The van der Waals surface area contributed by atoms with Gasteiger partial charge in [0.05, 0.1) is 5.54 Å². The summed E-state index contributed by atoms with van der Waals surface area (Å²) >= 11 is 0. The summed E-state index contributed by atoms with van der Waals surface area (Å²) < 4.78 is 5.45. The van der Waals surface area contributed by atoms with Crippen LogP contribution in [0.15, 0.2) is 36.7 Å². The Morgan fingerprint density at radius 3 is 2.45 bits per heavy atom. The molecule has 0 bridgehead atoms. The highest BCUT2D eigenvalue weighted by molar-refractivity contribution is 5.88. The molecular formula is C23H29N3O3. The van der Waals surface area contributed by atoms with E-state index < -0.39 is 11.1 Å². The molecule has 1 aliphatic carbocycles. The lowest BCUT2D eigenvalue weighted by Crippen LogP contribution is -2.44. The first kappa shape index (κ1) is 19.7. The first-order valence-corrected chi connectivity index (χ1v) is 10.2. The molecule has 6 heteroatoms. The van der Waals surface area contributed by atoms with E-state index in [-0.39, 0.29) is 29.8 Å². The Morgan fingerprint density at radius 1 is 1.10 bits per heavy atom. The second-order valence-electron chi connectivity index (χ2n) is 9.76. The van der Waals surface area contributed by atoms with Gasteiger partial charge >= 0.3 is 6.09 Å². The van der Waals surface area contributed by atoms with Gasteiger partial charge in [0.1, 0.15) is 5.60 Å². The largest absolute Gasteiger partial charge is 0.444 e. The molecule has 1 aromatic carbocycles. The molecule has 2 amide bonds. The van der Waals surface area contributed by atoms with E-state index in [9.17, 15) is 9.59 Å². The molecule has 2 atom stereocenters. The average Bonchev–Trinajstić information content (AvgIpc) is 3.13. The van der Waals surface area contributed by atoms with E-state index >= 15 is 0 Å². The first-order chi connectivity index (χ1) is 13.6. The third kappa shape index (κ3) is 3.80. The quantitative estimate of drug-likeness (QED) is 0.860. The van der Waals surface area contributed by atoms with E-state index in [0.29, 0.717) is 13.1 Å². The van der Waals surface area contributed by atoms with Crippen molar-refractivity contribution in [3.05, 3.63) is 42.2 Å². The molecule has 2 aliphatic rings. The van der Waals surface area contributed by atoms with Crippen LogP contribution in [0, 0.1) is 17.8 Å². The molecule has 29 heavy (non-hydrogen) atoms. The van der Waals surface area contributed by atoms with Gasteiger partial charge in [0.25, 0.3) is 0 Å². The van der Waals surface area contributed by atoms with Crippen LogP contribution in [0.4, 0.5) is 4.79 Å². The predicted molar refractivity (Wildman–Crippen MR) is 111 cm³/mol. The minimum absolute atomic E-state index is 0.0235. The van der Waals surface area contributed by atoms with Crippen molar-refractivity contribution in [3.8, 4) is 0 Å². The standard InChI is InChI=1S/C23H29N3O3/c1-22(2,3)29-21(28)26-12-16-17(13-26)19(16)20(27)25-23(4,5)18-8-6-7-14-11-24-10-9-15(14)18/h6-11,16-17,19H,12-13H2,1-5H3,(H,25,27). The highest BCUT2D eigenvalue weighted by Gasteiger charge is 2.61. The fourth-order valence-electron chi connectivity index (χ4n) is 4.52. The zero-order valence-corrected chi connectivity index (χ0v) is 17.7. The van der Waals surface area contributed by atoms with E-state index in [1.165, 1.54) is 0 Å². The fraction of sp³-hybridized carbons (Fsp3) is 0.522. The van der Waals surface area contributed by atoms with E-state index in [2.05, 4.69) is 16.4 Å². The minimum Gasteiger partial charge on any atom is -0.444 e. The van der Waals surface area contributed by atoms with Gasteiger partial charge in [-0.2, -0.15) is 0 Å². The summed E-state index contributed by atoms with van der Waals surface area (Å²) in [6.45, 7) is 10.8. The van der Waals surface area contributed by atoms with Crippen molar-refractivity contribution in [2.45, 2.75) is 45.8 Å².